The van der Waals surface area contributed by atoms with Crippen molar-refractivity contribution in [2.24, 2.45) is 21.5 Å². The van der Waals surface area contributed by atoms with Crippen LogP contribution in [-0.4, -0.2) is 211 Å². The highest BCUT2D eigenvalue weighted by Gasteiger charge is 2.52. The third-order valence-electron chi connectivity index (χ3n) is 12.4. The number of anilines is 1. The number of guanidine groups is 2. The molecule has 6 rings (SSSR count). The van der Waals surface area contributed by atoms with Gasteiger partial charge in [0.1, 0.15) is 72.6 Å². The number of hydrogen-bond donors (Lipinski definition) is 18. The summed E-state index contributed by atoms with van der Waals surface area (Å²) in [4.78, 5) is 94.4. The zero-order chi connectivity index (χ0) is 51.8. The summed E-state index contributed by atoms with van der Waals surface area (Å²) >= 11 is 0. The molecule has 28 nitrogen and oxygen atoms in total. The first-order valence-corrected chi connectivity index (χ1v) is 22.0. The van der Waals surface area contributed by atoms with Crippen LogP contribution in [-0.2, 0) is 39.9 Å². The van der Waals surface area contributed by atoms with Gasteiger partial charge < -0.3 is 105 Å². The van der Waals surface area contributed by atoms with E-state index in [1.807, 2.05) is 0 Å². The lowest BCUT2D eigenvalue weighted by Gasteiger charge is -2.46. The van der Waals surface area contributed by atoms with Crippen molar-refractivity contribution in [2.45, 2.75) is 104 Å². The number of aliphatic hydroxyl groups excluding tert-OH is 7. The molecule has 15 atom stereocenters. The third kappa shape index (κ3) is 11.7. The average molecular weight is 987 g/mol. The van der Waals surface area contributed by atoms with Crippen LogP contribution in [0, 0.1) is 0 Å². The van der Waals surface area contributed by atoms with Crippen molar-refractivity contribution in [3.63, 3.8) is 0 Å². The number of hydrogen-bond acceptors (Lipinski definition) is 22. The average Bonchev–Trinajstić information content (AvgIpc) is 3.98. The summed E-state index contributed by atoms with van der Waals surface area (Å²) in [6.07, 6.45) is -13.7. The van der Waals surface area contributed by atoms with E-state index in [1.54, 1.807) is 37.3 Å². The van der Waals surface area contributed by atoms with E-state index in [2.05, 4.69) is 52.9 Å². The highest BCUT2D eigenvalue weighted by molar-refractivity contribution is 5.98. The Bertz CT molecular complexity index is 2340. The largest absolute Gasteiger partial charge is 0.506 e. The Morgan fingerprint density at radius 1 is 0.757 bits per heavy atom. The number of nitrogens with zero attached hydrogens (tertiary/aromatic N) is 3. The summed E-state index contributed by atoms with van der Waals surface area (Å²) in [6.45, 7) is -2.00. The maximum absolute atomic E-state index is 14.8. The van der Waals surface area contributed by atoms with E-state index >= 15 is 0 Å². The van der Waals surface area contributed by atoms with Gasteiger partial charge in [0.2, 0.25) is 35.4 Å². The molecule has 4 aliphatic rings. The van der Waals surface area contributed by atoms with Gasteiger partial charge >= 0.3 is 0 Å². The molecule has 4 heterocycles. The van der Waals surface area contributed by atoms with Crippen LogP contribution in [0.4, 0.5) is 5.69 Å². The van der Waals surface area contributed by atoms with E-state index in [9.17, 15) is 69.6 Å². The number of phenols is 1. The number of aromatic hydroxyl groups is 1. The summed E-state index contributed by atoms with van der Waals surface area (Å²) in [7, 11) is 0. The normalized spacial score (nSPS) is 32.1. The molecule has 2 aromatic carbocycles. The molecule has 0 aromatic heterocycles. The summed E-state index contributed by atoms with van der Waals surface area (Å²) < 4.78 is 13.3. The van der Waals surface area contributed by atoms with Crippen molar-refractivity contribution in [1.29, 1.82) is 0 Å². The molecule has 0 aliphatic carbocycles. The van der Waals surface area contributed by atoms with Gasteiger partial charge in [0.15, 0.2) is 19.6 Å². The fraction of sp³-hybridized carbons (Fsp3) is 0.524. The Kier molecular flexibility index (Phi) is 16.5. The first-order chi connectivity index (χ1) is 33.8. The summed E-state index contributed by atoms with van der Waals surface area (Å²) in [5, 5.41) is 104. The predicted molar refractivity (Wildman–Crippen MR) is 242 cm³/mol. The molecule has 6 amide bonds. The van der Waals surface area contributed by atoms with Gasteiger partial charge in [0, 0.05) is 12.3 Å². The molecule has 0 radical (unpaired) electrons. The van der Waals surface area contributed by atoms with Crippen molar-refractivity contribution < 1.29 is 75.8 Å². The van der Waals surface area contributed by atoms with Gasteiger partial charge in [-0.2, -0.15) is 0 Å². The molecule has 2 saturated heterocycles. The van der Waals surface area contributed by atoms with E-state index in [0.29, 0.717) is 5.56 Å². The zero-order valence-electron chi connectivity index (χ0n) is 38.5. The van der Waals surface area contributed by atoms with E-state index in [1.165, 1.54) is 18.2 Å². The number of nitrogen functional groups attached to an aromatic ring is 1. The van der Waals surface area contributed by atoms with Crippen LogP contribution in [0.3, 0.4) is 0 Å². The Morgan fingerprint density at radius 2 is 1.41 bits per heavy atom. The molecular weight excluding hydrogens is 927 g/mol. The topological polar surface area (TPSA) is 464 Å². The first kappa shape index (κ1) is 50.9. The molecule has 4 aliphatic heterocycles. The highest BCUT2D eigenvalue weighted by Crippen LogP contribution is 2.29. The van der Waals surface area contributed by atoms with E-state index in [0.717, 1.165) is 4.90 Å². The highest BCUT2D eigenvalue weighted by atomic mass is 16.6. The molecule has 2 fully saturated rings. The van der Waals surface area contributed by atoms with Gasteiger partial charge in [-0.05, 0) is 23.3 Å². The molecule has 0 spiro atoms. The van der Waals surface area contributed by atoms with E-state index in [-0.39, 0.29) is 29.5 Å². The Balaban J connectivity index is 1.42. The van der Waals surface area contributed by atoms with Crippen molar-refractivity contribution in [3.8, 4) is 5.75 Å². The summed E-state index contributed by atoms with van der Waals surface area (Å²) in [6, 6.07) is 0.00880. The van der Waals surface area contributed by atoms with Gasteiger partial charge in [-0.25, -0.2) is 0 Å². The number of ether oxygens (including phenoxy) is 1. The van der Waals surface area contributed by atoms with Gasteiger partial charge in [0.05, 0.1) is 50.6 Å². The van der Waals surface area contributed by atoms with Crippen molar-refractivity contribution in [2.75, 3.05) is 38.6 Å². The van der Waals surface area contributed by atoms with Gasteiger partial charge in [0.25, 0.3) is 0 Å². The fourth-order valence-electron chi connectivity index (χ4n) is 8.42. The Hall–Kier alpha value is -6.92. The Morgan fingerprint density at radius 3 is 2.07 bits per heavy atom. The first-order valence-electron chi connectivity index (χ1n) is 22.5. The number of carbonyl (C=O) groups excluding carboxylic acids is 6. The molecule has 0 saturated carbocycles. The number of nitrogens with one attached hydrogen (secondary N) is 7. The van der Waals surface area contributed by atoms with Crippen LogP contribution in [0.15, 0.2) is 58.5 Å². The smallest absolute Gasteiger partial charge is 0.246 e. The van der Waals surface area contributed by atoms with Crippen LogP contribution < -0.4 is 54.4 Å². The van der Waals surface area contributed by atoms with Crippen LogP contribution in [0.2, 0.25) is 1.41 Å². The lowest BCUT2D eigenvalue weighted by molar-refractivity contribution is -0.260. The SMILES string of the molecule is [2H]Nc1cc(C[C@@H]2NC(=O)[C@H](C(C)c3ccccc3)NC(=O)CNC(=O)[C@H](CO)NC(=O)[C@@H](C(O)C3CN=C(N)N3[C@H]3O[C@H](CO)[C@@H](O)[C@H](O)[C@@H]3O)NC(=O)[C@H](C(O)C3CN=C(N)N3)NC2=O)ccc1O. The van der Waals surface area contributed by atoms with Crippen LogP contribution in [0.25, 0.3) is 0 Å². The second-order valence-electron chi connectivity index (χ2n) is 17.1. The summed E-state index contributed by atoms with van der Waals surface area (Å²) in [5.41, 5.74) is 14.7. The quantitative estimate of drug-likeness (QED) is 0.0693. The molecule has 5 unspecified atom stereocenters. The maximum Gasteiger partial charge on any atom is 0.246 e. The minimum atomic E-state index is -2.28. The summed E-state index contributed by atoms with van der Waals surface area (Å²) in [5.74, 6) is -8.78. The number of benzene rings is 2. The van der Waals surface area contributed by atoms with Gasteiger partial charge in [-0.15, -0.1) is 0 Å². The molecular formula is C42H59N13O15. The lowest BCUT2D eigenvalue weighted by Crippen LogP contribution is -2.70. The number of nitrogens with two attached hydrogens (primary N) is 3. The van der Waals surface area contributed by atoms with Crippen molar-refractivity contribution in [1.82, 2.24) is 42.1 Å². The molecule has 0 bridgehead atoms. The standard InChI is InChI=1S/C42H59N13O15/c1-16(18-5-3-2-4-6-18)27-37(67)49-20(10-17-7-8-24(58)19(43)9-17)36(66)53-28(30(60)21-11-47-41(44)51-21)39(69)54-29(38(68)50-22(14-56)35(65)46-13-26(59)52-27)31(61)23-12-48-42(45)55(23)40-34(64)33(63)32(62)25(15-57)70-40/h2-9,16,20-23,25,27-34,40,56-58,60-64H,10-15,43H2,1H3,(H2,45,48)(H,46,65)(H,49,67)(H,50,68)(H,52,59)(H,53,66)(H,54,69)(H3,44,47,51)/t16?,20-,21?,22-,23?,25+,27-,28-,29+,30?,31?,32+,33-,34-,40-/m0/s1/i/hD. The van der Waals surface area contributed by atoms with Gasteiger partial charge in [-0.1, -0.05) is 43.3 Å². The minimum Gasteiger partial charge on any atom is -0.506 e. The number of phenolic OH excluding ortho intramolecular Hbond substituents is 1. The van der Waals surface area contributed by atoms with Crippen LogP contribution in [0.1, 0.15) is 24.0 Å². The molecule has 70 heavy (non-hydrogen) atoms. The number of amides is 6. The number of rotatable bonds is 12. The fourth-order valence-corrected chi connectivity index (χ4v) is 8.42. The van der Waals surface area contributed by atoms with Gasteiger partial charge in [-0.3, -0.25) is 38.8 Å². The minimum absolute atomic E-state index is 0.0947. The molecule has 28 heteroatoms. The maximum atomic E-state index is 14.8. The monoisotopic (exact) mass is 986 g/mol. The van der Waals surface area contributed by atoms with E-state index in [4.69, 9.17) is 17.6 Å². The molecule has 382 valence electrons. The third-order valence-corrected chi connectivity index (χ3v) is 12.4. The zero-order valence-corrected chi connectivity index (χ0v) is 37.5. The number of aliphatic hydroxyl groups is 7. The van der Waals surface area contributed by atoms with Crippen LogP contribution >= 0.6 is 0 Å². The second-order valence-corrected chi connectivity index (χ2v) is 17.1. The molecule has 21 N–H and O–H groups in total. The Labute approximate surface area is 400 Å². The van der Waals surface area contributed by atoms with E-state index < -0.39 is 165 Å². The van der Waals surface area contributed by atoms with Crippen molar-refractivity contribution >= 4 is 53.0 Å². The molecule has 2 aromatic rings. The second kappa shape index (κ2) is 22.7. The van der Waals surface area contributed by atoms with Crippen LogP contribution in [0.5, 0.6) is 5.75 Å². The number of carbonyl (C=O) groups is 6. The predicted octanol–water partition coefficient (Wildman–Crippen LogP) is -9.33. The lowest BCUT2D eigenvalue weighted by atomic mass is 9.92. The van der Waals surface area contributed by atoms with Crippen molar-refractivity contribution in [3.05, 3.63) is 59.7 Å². The number of aliphatic imine (C=N–C) groups is 2.